The largest absolute Gasteiger partial charge is 0.478 e. The normalized spacial score (nSPS) is 11.8. The van der Waals surface area contributed by atoms with Crippen LogP contribution in [0.5, 0.6) is 0 Å². The highest BCUT2D eigenvalue weighted by Crippen LogP contribution is 2.37. The molecule has 6 aromatic rings. The zero-order chi connectivity index (χ0) is 32.4. The molecule has 0 aliphatic rings. The molecule has 5 nitrogen and oxygen atoms in total. The topological polar surface area (TPSA) is 83.5 Å². The molecule has 6 rings (SSSR count). The lowest BCUT2D eigenvalue weighted by Crippen LogP contribution is -2.30. The highest BCUT2D eigenvalue weighted by molar-refractivity contribution is 6.28. The molecule has 46 heavy (non-hydrogen) atoms. The summed E-state index contributed by atoms with van der Waals surface area (Å²) < 4.78 is 0. The number of carbonyl (C=O) groups excluding carboxylic acids is 2. The third-order valence-electron chi connectivity index (χ3n) is 8.87. The van der Waals surface area contributed by atoms with Crippen molar-refractivity contribution in [1.29, 1.82) is 0 Å². The van der Waals surface area contributed by atoms with E-state index in [-0.39, 0.29) is 17.3 Å². The zero-order valence-electron chi connectivity index (χ0n) is 26.4. The third kappa shape index (κ3) is 6.01. The molecule has 5 heteroatoms. The fraction of sp³-hybridized carbons (Fsp3) is 0.195. The van der Waals surface area contributed by atoms with Gasteiger partial charge < -0.3 is 10.4 Å². The van der Waals surface area contributed by atoms with E-state index in [1.165, 1.54) is 22.3 Å². The number of rotatable bonds is 10. The van der Waals surface area contributed by atoms with Crippen LogP contribution < -0.4 is 10.5 Å². The Bertz CT molecular complexity index is 2210. The van der Waals surface area contributed by atoms with Crippen LogP contribution in [0.4, 0.5) is 0 Å². The molecule has 2 N–H and O–H groups in total. The van der Waals surface area contributed by atoms with Crippen LogP contribution in [0.1, 0.15) is 73.1 Å². The smallest absolute Gasteiger partial charge is 0.336 e. The molecule has 0 spiro atoms. The lowest BCUT2D eigenvalue weighted by molar-refractivity contribution is 0.0698. The van der Waals surface area contributed by atoms with E-state index >= 15 is 0 Å². The molecule has 0 atom stereocenters. The van der Waals surface area contributed by atoms with E-state index in [1.54, 1.807) is 12.1 Å². The van der Waals surface area contributed by atoms with Crippen LogP contribution in [0.25, 0.3) is 38.4 Å². The Morgan fingerprint density at radius 1 is 0.696 bits per heavy atom. The van der Waals surface area contributed by atoms with E-state index in [9.17, 15) is 19.5 Å². The second kappa shape index (κ2) is 13.0. The van der Waals surface area contributed by atoms with Crippen molar-refractivity contribution in [1.82, 2.24) is 5.32 Å². The van der Waals surface area contributed by atoms with Gasteiger partial charge in [0, 0.05) is 29.5 Å². The molecule has 6 aromatic carbocycles. The molecule has 1 amide bonds. The Morgan fingerprint density at radius 3 is 2.02 bits per heavy atom. The van der Waals surface area contributed by atoms with Gasteiger partial charge in [0.2, 0.25) is 0 Å². The fourth-order valence-corrected chi connectivity index (χ4v) is 6.71. The number of hydrogen-bond acceptors (Lipinski definition) is 3. The van der Waals surface area contributed by atoms with Crippen molar-refractivity contribution in [3.05, 3.63) is 135 Å². The highest BCUT2D eigenvalue weighted by Gasteiger charge is 2.21. The van der Waals surface area contributed by atoms with E-state index in [4.69, 9.17) is 0 Å². The average Bonchev–Trinajstić information content (AvgIpc) is 3.04. The van der Waals surface area contributed by atoms with Crippen molar-refractivity contribution in [3.63, 3.8) is 0 Å². The molecule has 0 fully saturated rings. The van der Waals surface area contributed by atoms with Gasteiger partial charge in [-0.1, -0.05) is 90.0 Å². The number of nitrogens with one attached hydrogen (secondary N) is 1. The van der Waals surface area contributed by atoms with Crippen molar-refractivity contribution >= 4 is 56.1 Å². The molecular weight excluding hydrogens is 570 g/mol. The predicted molar refractivity (Wildman–Crippen MR) is 187 cm³/mol. The number of fused-ring (bicyclic) bond motifs is 2. The first-order valence-electron chi connectivity index (χ1n) is 15.8. The van der Waals surface area contributed by atoms with Crippen LogP contribution in [0.2, 0.25) is 0 Å². The molecule has 0 aliphatic carbocycles. The van der Waals surface area contributed by atoms with Gasteiger partial charge in [-0.2, -0.15) is 0 Å². The second-order valence-electron chi connectivity index (χ2n) is 12.1. The van der Waals surface area contributed by atoms with Gasteiger partial charge >= 0.3 is 5.97 Å². The highest BCUT2D eigenvalue weighted by atomic mass is 16.4. The maximum Gasteiger partial charge on any atom is 0.336 e. The minimum Gasteiger partial charge on any atom is -0.478 e. The summed E-state index contributed by atoms with van der Waals surface area (Å²) in [7, 11) is 0. The SMILES string of the molecule is C/C=c1\c(C(=O)NCCc2cccc(C)c2)ccc2c1cc1ccc(C(=O)CCCc3cccc(C)c3)c3c(C(=O)O)ccc2c13. The minimum atomic E-state index is -1.07. The van der Waals surface area contributed by atoms with Gasteiger partial charge in [0.25, 0.3) is 5.91 Å². The van der Waals surface area contributed by atoms with Crippen molar-refractivity contribution in [2.24, 2.45) is 0 Å². The predicted octanol–water partition coefficient (Wildman–Crippen LogP) is 8.16. The first-order chi connectivity index (χ1) is 22.2. The van der Waals surface area contributed by atoms with Crippen LogP contribution in [-0.4, -0.2) is 29.3 Å². The van der Waals surface area contributed by atoms with Gasteiger partial charge in [-0.15, -0.1) is 0 Å². The van der Waals surface area contributed by atoms with Crippen LogP contribution in [-0.2, 0) is 12.8 Å². The van der Waals surface area contributed by atoms with Gasteiger partial charge in [-0.25, -0.2) is 4.79 Å². The Morgan fingerprint density at radius 2 is 1.35 bits per heavy atom. The Hall–Kier alpha value is -5.29. The van der Waals surface area contributed by atoms with Gasteiger partial charge in [0.15, 0.2) is 5.78 Å². The lowest BCUT2D eigenvalue weighted by Gasteiger charge is -2.16. The minimum absolute atomic E-state index is 0.0649. The molecule has 0 aromatic heterocycles. The summed E-state index contributed by atoms with van der Waals surface area (Å²) in [5.74, 6) is -1.27. The summed E-state index contributed by atoms with van der Waals surface area (Å²) in [5.41, 5.74) is 5.88. The summed E-state index contributed by atoms with van der Waals surface area (Å²) in [5, 5.41) is 18.8. The summed E-state index contributed by atoms with van der Waals surface area (Å²) in [6, 6.07) is 29.4. The number of aryl methyl sites for hydroxylation is 3. The molecular formula is C41H37NO4. The summed E-state index contributed by atoms with van der Waals surface area (Å²) >= 11 is 0. The number of carboxylic acids is 1. The number of hydrogen-bond donors (Lipinski definition) is 2. The number of carboxylic acid groups (broad SMARTS) is 1. The molecule has 0 aliphatic heterocycles. The summed E-state index contributed by atoms with van der Waals surface area (Å²) in [6.45, 7) is 6.55. The molecule has 230 valence electrons. The first kappa shape index (κ1) is 30.7. The molecule has 0 saturated carbocycles. The van der Waals surface area contributed by atoms with E-state index in [0.29, 0.717) is 35.9 Å². The Kier molecular flexibility index (Phi) is 8.67. The number of carbonyl (C=O) groups is 3. The van der Waals surface area contributed by atoms with Crippen LogP contribution in [0, 0.1) is 13.8 Å². The zero-order valence-corrected chi connectivity index (χ0v) is 26.4. The van der Waals surface area contributed by atoms with E-state index in [1.807, 2.05) is 55.5 Å². The summed E-state index contributed by atoms with van der Waals surface area (Å²) in [6.07, 6.45) is 4.46. The van der Waals surface area contributed by atoms with E-state index in [0.717, 1.165) is 45.0 Å². The quantitative estimate of drug-likeness (QED) is 0.0935. The van der Waals surface area contributed by atoms with Crippen molar-refractivity contribution in [2.45, 2.75) is 46.5 Å². The molecule has 0 heterocycles. The fourth-order valence-electron chi connectivity index (χ4n) is 6.71. The maximum absolute atomic E-state index is 13.6. The third-order valence-corrected chi connectivity index (χ3v) is 8.87. The Labute approximate surface area is 268 Å². The van der Waals surface area contributed by atoms with Crippen LogP contribution in [0.3, 0.4) is 0 Å². The van der Waals surface area contributed by atoms with E-state index in [2.05, 4.69) is 55.6 Å². The number of ketones is 1. The average molecular weight is 608 g/mol. The van der Waals surface area contributed by atoms with Crippen LogP contribution >= 0.6 is 0 Å². The molecule has 0 saturated heterocycles. The molecule has 0 bridgehead atoms. The van der Waals surface area contributed by atoms with Crippen molar-refractivity contribution in [3.8, 4) is 0 Å². The maximum atomic E-state index is 13.6. The van der Waals surface area contributed by atoms with Crippen LogP contribution in [0.15, 0.2) is 91.0 Å². The number of amides is 1. The summed E-state index contributed by atoms with van der Waals surface area (Å²) in [4.78, 5) is 39.5. The lowest BCUT2D eigenvalue weighted by atomic mass is 9.87. The second-order valence-corrected chi connectivity index (χ2v) is 12.1. The Balaban J connectivity index is 1.36. The van der Waals surface area contributed by atoms with Gasteiger partial charge in [0.05, 0.1) is 5.56 Å². The molecule has 0 radical (unpaired) electrons. The van der Waals surface area contributed by atoms with Gasteiger partial charge in [-0.05, 0) is 102 Å². The standard InChI is InChI=1S/C41H37NO4/c1-4-30-33(40(44)42-21-20-28-11-6-9-26(3)23-28)18-16-31-32-17-19-35(41(45)46)39-34(15-14-29(38(32)39)24-36(30)31)37(43)13-7-12-27-10-5-8-25(2)22-27/h4-6,8-11,14-19,22-24H,7,12-13,20-21H2,1-3H3,(H,42,44)(H,45,46)/b30-4+. The van der Waals surface area contributed by atoms with Crippen molar-refractivity contribution in [2.75, 3.05) is 6.54 Å². The monoisotopic (exact) mass is 607 g/mol. The number of benzene rings is 6. The van der Waals surface area contributed by atoms with Crippen molar-refractivity contribution < 1.29 is 19.5 Å². The first-order valence-corrected chi connectivity index (χ1v) is 15.8. The van der Waals surface area contributed by atoms with E-state index < -0.39 is 5.97 Å². The number of aromatic carboxylic acids is 1. The molecule has 0 unspecified atom stereocenters. The number of Topliss-reactive ketones (excluding diaryl/α,β-unsaturated/α-hetero) is 1. The van der Waals surface area contributed by atoms with Gasteiger partial charge in [-0.3, -0.25) is 9.59 Å². The van der Waals surface area contributed by atoms with Gasteiger partial charge in [0.1, 0.15) is 0 Å².